The summed E-state index contributed by atoms with van der Waals surface area (Å²) < 4.78 is 10.5. The maximum Gasteiger partial charge on any atom is 0.326 e. The second-order valence-corrected chi connectivity index (χ2v) is 6.13. The standard InChI is InChI=1S/C18H22N6O4/c1-11-8-16(20-7-3-6-19-12(2)25)23-17(21-11)24-18(26)22-13-4-5-14-15(9-13)28-10-27-14/h4-5,8-9H,3,6-7,10H2,1-2H3,(H,19,25)(H3,20,21,22,23,24,26). The normalized spacial score (nSPS) is 11.6. The second-order valence-electron chi connectivity index (χ2n) is 6.13. The first kappa shape index (κ1) is 19.2. The molecule has 0 fully saturated rings. The smallest absolute Gasteiger partial charge is 0.326 e. The van der Waals surface area contributed by atoms with Crippen molar-refractivity contribution in [1.82, 2.24) is 15.3 Å². The maximum absolute atomic E-state index is 12.2. The molecule has 4 N–H and O–H groups in total. The van der Waals surface area contributed by atoms with Crippen molar-refractivity contribution in [2.45, 2.75) is 20.3 Å². The SMILES string of the molecule is CC(=O)NCCCNc1cc(C)nc(NC(=O)Nc2ccc3c(c2)OCO3)n1. The van der Waals surface area contributed by atoms with E-state index in [4.69, 9.17) is 9.47 Å². The third-order valence-corrected chi connectivity index (χ3v) is 3.74. The summed E-state index contributed by atoms with van der Waals surface area (Å²) in [5.74, 6) is 1.94. The number of carbonyl (C=O) groups is 2. The van der Waals surface area contributed by atoms with Gasteiger partial charge in [-0.25, -0.2) is 9.78 Å². The summed E-state index contributed by atoms with van der Waals surface area (Å²) in [6.45, 7) is 4.66. The molecule has 0 saturated carbocycles. The maximum atomic E-state index is 12.2. The molecule has 148 valence electrons. The molecule has 3 rings (SSSR count). The first-order valence-electron chi connectivity index (χ1n) is 8.81. The van der Waals surface area contributed by atoms with Crippen LogP contribution in [0.25, 0.3) is 0 Å². The number of aryl methyl sites for hydroxylation is 1. The van der Waals surface area contributed by atoms with Gasteiger partial charge in [0.2, 0.25) is 18.6 Å². The summed E-state index contributed by atoms with van der Waals surface area (Å²) >= 11 is 0. The van der Waals surface area contributed by atoms with E-state index < -0.39 is 6.03 Å². The van der Waals surface area contributed by atoms with Gasteiger partial charge in [0.05, 0.1) is 0 Å². The Hall–Kier alpha value is -3.56. The summed E-state index contributed by atoms with van der Waals surface area (Å²) in [4.78, 5) is 31.6. The van der Waals surface area contributed by atoms with Crippen LogP contribution in [-0.4, -0.2) is 41.8 Å². The number of carbonyl (C=O) groups excluding carboxylic acids is 2. The van der Waals surface area contributed by atoms with E-state index in [2.05, 4.69) is 31.2 Å². The Kier molecular flexibility index (Phi) is 6.10. The molecule has 0 unspecified atom stereocenters. The predicted octanol–water partition coefficient (Wildman–Crippen LogP) is 2.10. The van der Waals surface area contributed by atoms with E-state index in [1.165, 1.54) is 6.92 Å². The predicted molar refractivity (Wildman–Crippen MR) is 104 cm³/mol. The highest BCUT2D eigenvalue weighted by Gasteiger charge is 2.14. The summed E-state index contributed by atoms with van der Waals surface area (Å²) in [5.41, 5.74) is 1.27. The highest BCUT2D eigenvalue weighted by atomic mass is 16.7. The van der Waals surface area contributed by atoms with Crippen LogP contribution in [0, 0.1) is 6.92 Å². The molecule has 28 heavy (non-hydrogen) atoms. The van der Waals surface area contributed by atoms with Crippen molar-refractivity contribution in [3.8, 4) is 11.5 Å². The molecule has 1 aromatic heterocycles. The molecular formula is C18H22N6O4. The van der Waals surface area contributed by atoms with Gasteiger partial charge in [-0.2, -0.15) is 4.98 Å². The molecular weight excluding hydrogens is 364 g/mol. The monoisotopic (exact) mass is 386 g/mol. The zero-order valence-electron chi connectivity index (χ0n) is 15.7. The first-order valence-corrected chi connectivity index (χ1v) is 8.81. The third-order valence-electron chi connectivity index (χ3n) is 3.74. The third kappa shape index (κ3) is 5.47. The van der Waals surface area contributed by atoms with Gasteiger partial charge >= 0.3 is 6.03 Å². The molecule has 2 heterocycles. The summed E-state index contributed by atoms with van der Waals surface area (Å²) in [6.07, 6.45) is 0.746. The van der Waals surface area contributed by atoms with Crippen molar-refractivity contribution >= 4 is 29.4 Å². The van der Waals surface area contributed by atoms with E-state index in [1.54, 1.807) is 24.3 Å². The van der Waals surface area contributed by atoms with Gasteiger partial charge in [-0.15, -0.1) is 0 Å². The molecule has 10 nitrogen and oxygen atoms in total. The number of hydrogen-bond donors (Lipinski definition) is 4. The zero-order chi connectivity index (χ0) is 19.9. The van der Waals surface area contributed by atoms with Crippen LogP contribution >= 0.6 is 0 Å². The first-order chi connectivity index (χ1) is 13.5. The number of anilines is 3. The van der Waals surface area contributed by atoms with Gasteiger partial charge in [-0.05, 0) is 25.5 Å². The van der Waals surface area contributed by atoms with Gasteiger partial charge in [0.25, 0.3) is 0 Å². The number of nitrogens with one attached hydrogen (secondary N) is 4. The molecule has 0 spiro atoms. The number of ether oxygens (including phenoxy) is 2. The Morgan fingerprint density at radius 1 is 1.07 bits per heavy atom. The number of amides is 3. The van der Waals surface area contributed by atoms with Crippen LogP contribution in [-0.2, 0) is 4.79 Å². The number of urea groups is 1. The molecule has 0 atom stereocenters. The number of benzene rings is 1. The van der Waals surface area contributed by atoms with Crippen LogP contribution in [0.15, 0.2) is 24.3 Å². The van der Waals surface area contributed by atoms with Crippen LogP contribution in [0.4, 0.5) is 22.2 Å². The lowest BCUT2D eigenvalue weighted by Gasteiger charge is -2.10. The molecule has 10 heteroatoms. The van der Waals surface area contributed by atoms with E-state index in [0.717, 1.165) is 6.42 Å². The fourth-order valence-corrected chi connectivity index (χ4v) is 2.52. The van der Waals surface area contributed by atoms with E-state index in [-0.39, 0.29) is 18.6 Å². The van der Waals surface area contributed by atoms with Gasteiger partial charge in [0, 0.05) is 43.5 Å². The van der Waals surface area contributed by atoms with Crippen LogP contribution in [0.2, 0.25) is 0 Å². The summed E-state index contributed by atoms with van der Waals surface area (Å²) in [7, 11) is 0. The molecule has 1 aliphatic heterocycles. The van der Waals surface area contributed by atoms with E-state index >= 15 is 0 Å². The van der Waals surface area contributed by atoms with Crippen molar-refractivity contribution in [3.63, 3.8) is 0 Å². The zero-order valence-corrected chi connectivity index (χ0v) is 15.7. The lowest BCUT2D eigenvalue weighted by molar-refractivity contribution is -0.118. The van der Waals surface area contributed by atoms with Gasteiger partial charge in [0.15, 0.2) is 11.5 Å². The minimum Gasteiger partial charge on any atom is -0.454 e. The second kappa shape index (κ2) is 8.89. The number of fused-ring (bicyclic) bond motifs is 1. The topological polar surface area (TPSA) is 127 Å². The Morgan fingerprint density at radius 3 is 2.71 bits per heavy atom. The molecule has 0 saturated heterocycles. The van der Waals surface area contributed by atoms with Crippen molar-refractivity contribution in [2.75, 3.05) is 35.8 Å². The largest absolute Gasteiger partial charge is 0.454 e. The van der Waals surface area contributed by atoms with Crippen molar-refractivity contribution in [2.24, 2.45) is 0 Å². The van der Waals surface area contributed by atoms with E-state index in [0.29, 0.717) is 41.8 Å². The van der Waals surface area contributed by atoms with Gasteiger partial charge in [0.1, 0.15) is 5.82 Å². The van der Waals surface area contributed by atoms with Crippen molar-refractivity contribution in [1.29, 1.82) is 0 Å². The molecule has 1 aliphatic rings. The number of aromatic nitrogens is 2. The minimum atomic E-state index is -0.471. The van der Waals surface area contributed by atoms with Crippen LogP contribution in [0.5, 0.6) is 11.5 Å². The molecule has 2 aromatic rings. The Bertz CT molecular complexity index is 873. The molecule has 3 amide bonds. The highest BCUT2D eigenvalue weighted by Crippen LogP contribution is 2.34. The van der Waals surface area contributed by atoms with Crippen molar-refractivity contribution in [3.05, 3.63) is 30.0 Å². The molecule has 0 bridgehead atoms. The number of hydrogen-bond acceptors (Lipinski definition) is 7. The van der Waals surface area contributed by atoms with E-state index in [1.807, 2.05) is 6.92 Å². The van der Waals surface area contributed by atoms with Crippen LogP contribution in [0.3, 0.4) is 0 Å². The molecule has 0 radical (unpaired) electrons. The fourth-order valence-electron chi connectivity index (χ4n) is 2.52. The van der Waals surface area contributed by atoms with Crippen LogP contribution < -0.4 is 30.7 Å². The molecule has 1 aromatic carbocycles. The average Bonchev–Trinajstić information content (AvgIpc) is 3.08. The van der Waals surface area contributed by atoms with Gasteiger partial charge in [-0.3, -0.25) is 10.1 Å². The number of nitrogens with zero attached hydrogens (tertiary/aromatic N) is 2. The van der Waals surface area contributed by atoms with Crippen LogP contribution in [0.1, 0.15) is 19.0 Å². The lowest BCUT2D eigenvalue weighted by atomic mass is 10.3. The van der Waals surface area contributed by atoms with Crippen molar-refractivity contribution < 1.29 is 19.1 Å². The van der Waals surface area contributed by atoms with Gasteiger partial charge in [-0.1, -0.05) is 0 Å². The highest BCUT2D eigenvalue weighted by molar-refractivity contribution is 5.98. The van der Waals surface area contributed by atoms with E-state index in [9.17, 15) is 9.59 Å². The quantitative estimate of drug-likeness (QED) is 0.537. The Labute approximate surface area is 162 Å². The summed E-state index contributed by atoms with van der Waals surface area (Å²) in [6, 6.07) is 6.43. The lowest BCUT2D eigenvalue weighted by Crippen LogP contribution is -2.23. The minimum absolute atomic E-state index is 0.0576. The number of rotatable bonds is 7. The average molecular weight is 386 g/mol. The Morgan fingerprint density at radius 2 is 1.89 bits per heavy atom. The molecule has 0 aliphatic carbocycles. The fraction of sp³-hybridized carbons (Fsp3) is 0.333. The Balaban J connectivity index is 1.53. The summed E-state index contributed by atoms with van der Waals surface area (Å²) in [5, 5.41) is 11.2. The van der Waals surface area contributed by atoms with Gasteiger partial charge < -0.3 is 25.4 Å².